The number of para-hydroxylation sites is 1. The van der Waals surface area contributed by atoms with Crippen LogP contribution in [0.2, 0.25) is 0 Å². The van der Waals surface area contributed by atoms with Gasteiger partial charge in [0, 0.05) is 13.1 Å². The predicted molar refractivity (Wildman–Crippen MR) is 72.0 cm³/mol. The zero-order valence-electron chi connectivity index (χ0n) is 10.7. The summed E-state index contributed by atoms with van der Waals surface area (Å²) in [5.41, 5.74) is 0. The molecule has 19 heavy (non-hydrogen) atoms. The molecule has 0 spiro atoms. The Morgan fingerprint density at radius 2 is 1.84 bits per heavy atom. The van der Waals surface area contributed by atoms with Crippen LogP contribution < -0.4 is 20.7 Å². The number of nitrogens with one attached hydrogen (secondary N) is 3. The van der Waals surface area contributed by atoms with Crippen LogP contribution in [0.3, 0.4) is 0 Å². The summed E-state index contributed by atoms with van der Waals surface area (Å²) in [6.07, 6.45) is 1.34. The molecule has 6 nitrogen and oxygen atoms in total. The Morgan fingerprint density at radius 3 is 2.58 bits per heavy atom. The largest absolute Gasteiger partial charge is 0.492 e. The van der Waals surface area contributed by atoms with Crippen molar-refractivity contribution in [3.05, 3.63) is 30.3 Å². The van der Waals surface area contributed by atoms with Crippen LogP contribution in [0.4, 0.5) is 4.79 Å². The summed E-state index contributed by atoms with van der Waals surface area (Å²) >= 11 is 0. The number of urea groups is 1. The van der Waals surface area contributed by atoms with Gasteiger partial charge in [-0.2, -0.15) is 0 Å². The molecule has 1 aromatic rings. The van der Waals surface area contributed by atoms with Crippen LogP contribution in [0.15, 0.2) is 30.3 Å². The number of hydrogen-bond acceptors (Lipinski definition) is 3. The first-order valence-electron chi connectivity index (χ1n) is 6.19. The van der Waals surface area contributed by atoms with E-state index < -0.39 is 0 Å². The van der Waals surface area contributed by atoms with E-state index in [1.165, 1.54) is 0 Å². The summed E-state index contributed by atoms with van der Waals surface area (Å²) in [6, 6.07) is 9.19. The Balaban J connectivity index is 1.97. The molecule has 3 amide bonds. The van der Waals surface area contributed by atoms with E-state index in [-0.39, 0.29) is 6.03 Å². The second kappa shape index (κ2) is 9.76. The van der Waals surface area contributed by atoms with Gasteiger partial charge < -0.3 is 20.7 Å². The van der Waals surface area contributed by atoms with Crippen molar-refractivity contribution in [2.45, 2.75) is 6.42 Å². The van der Waals surface area contributed by atoms with E-state index in [2.05, 4.69) is 16.0 Å². The third kappa shape index (κ3) is 7.64. The van der Waals surface area contributed by atoms with Crippen molar-refractivity contribution < 1.29 is 14.3 Å². The molecule has 0 aromatic heterocycles. The number of ether oxygens (including phenoxy) is 1. The van der Waals surface area contributed by atoms with E-state index in [1.807, 2.05) is 30.3 Å². The molecule has 0 saturated heterocycles. The highest BCUT2D eigenvalue weighted by Gasteiger charge is 1.98. The second-order valence-electron chi connectivity index (χ2n) is 3.77. The fourth-order valence-electron chi connectivity index (χ4n) is 1.36. The van der Waals surface area contributed by atoms with E-state index in [4.69, 9.17) is 4.74 Å². The van der Waals surface area contributed by atoms with Crippen LogP contribution in [0.5, 0.6) is 5.75 Å². The van der Waals surface area contributed by atoms with Gasteiger partial charge >= 0.3 is 6.03 Å². The molecule has 0 fully saturated rings. The second-order valence-corrected chi connectivity index (χ2v) is 3.77. The summed E-state index contributed by atoms with van der Waals surface area (Å²) < 4.78 is 5.42. The van der Waals surface area contributed by atoms with Gasteiger partial charge in [0.05, 0.1) is 6.54 Å². The molecule has 0 heterocycles. The lowest BCUT2D eigenvalue weighted by atomic mass is 10.3. The van der Waals surface area contributed by atoms with Gasteiger partial charge in [-0.05, 0) is 18.6 Å². The summed E-state index contributed by atoms with van der Waals surface area (Å²) in [6.45, 7) is 1.94. The van der Waals surface area contributed by atoms with Crippen molar-refractivity contribution in [2.75, 3.05) is 26.2 Å². The average Bonchev–Trinajstić information content (AvgIpc) is 2.44. The fraction of sp³-hybridized carbons (Fsp3) is 0.385. The van der Waals surface area contributed by atoms with Crippen LogP contribution >= 0.6 is 0 Å². The highest BCUT2D eigenvalue weighted by atomic mass is 16.5. The Kier molecular flexibility index (Phi) is 7.61. The number of amides is 3. The lowest BCUT2D eigenvalue weighted by Gasteiger charge is -2.08. The topological polar surface area (TPSA) is 79.5 Å². The molecule has 6 heteroatoms. The molecule has 0 aliphatic heterocycles. The van der Waals surface area contributed by atoms with Crippen molar-refractivity contribution >= 4 is 12.4 Å². The highest BCUT2D eigenvalue weighted by molar-refractivity contribution is 5.73. The standard InChI is InChI=1S/C13H19N3O3/c17-11-14-7-4-8-15-13(18)16-9-10-19-12-5-2-1-3-6-12/h1-3,5-6,11H,4,7-10H2,(H,14,17)(H2,15,16,18). The molecule has 1 aromatic carbocycles. The van der Waals surface area contributed by atoms with E-state index in [0.717, 1.165) is 5.75 Å². The third-order valence-electron chi connectivity index (χ3n) is 2.27. The lowest BCUT2D eigenvalue weighted by molar-refractivity contribution is -0.109. The molecule has 0 bridgehead atoms. The number of rotatable bonds is 9. The summed E-state index contributed by atoms with van der Waals surface area (Å²) in [4.78, 5) is 21.3. The van der Waals surface area contributed by atoms with Crippen LogP contribution in [0.25, 0.3) is 0 Å². The minimum atomic E-state index is -0.234. The fourth-order valence-corrected chi connectivity index (χ4v) is 1.36. The Bertz CT molecular complexity index is 371. The van der Waals surface area contributed by atoms with Gasteiger partial charge in [-0.1, -0.05) is 18.2 Å². The van der Waals surface area contributed by atoms with Crippen molar-refractivity contribution in [1.82, 2.24) is 16.0 Å². The van der Waals surface area contributed by atoms with E-state index in [0.29, 0.717) is 39.1 Å². The van der Waals surface area contributed by atoms with Gasteiger partial charge in [0.25, 0.3) is 0 Å². The first-order chi connectivity index (χ1) is 9.33. The van der Waals surface area contributed by atoms with Gasteiger partial charge in [0.2, 0.25) is 6.41 Å². The van der Waals surface area contributed by atoms with Gasteiger partial charge in [0.15, 0.2) is 0 Å². The maximum atomic E-state index is 11.3. The van der Waals surface area contributed by atoms with Crippen LogP contribution in [-0.2, 0) is 4.79 Å². The monoisotopic (exact) mass is 265 g/mol. The number of carbonyl (C=O) groups excluding carboxylic acids is 2. The molecule has 104 valence electrons. The Labute approximate surface area is 112 Å². The van der Waals surface area contributed by atoms with Crippen LogP contribution in [-0.4, -0.2) is 38.7 Å². The molecule has 3 N–H and O–H groups in total. The molecular formula is C13H19N3O3. The minimum absolute atomic E-state index is 0.234. The first-order valence-corrected chi connectivity index (χ1v) is 6.19. The molecule has 1 rings (SSSR count). The maximum Gasteiger partial charge on any atom is 0.314 e. The van der Waals surface area contributed by atoms with Gasteiger partial charge in [-0.25, -0.2) is 4.79 Å². The van der Waals surface area contributed by atoms with E-state index >= 15 is 0 Å². The normalized spacial score (nSPS) is 9.47. The molecule has 0 saturated carbocycles. The molecule has 0 aliphatic carbocycles. The zero-order chi connectivity index (χ0) is 13.8. The lowest BCUT2D eigenvalue weighted by Crippen LogP contribution is -2.38. The molecule has 0 radical (unpaired) electrons. The SMILES string of the molecule is O=CNCCCNC(=O)NCCOc1ccccc1. The molecule has 0 atom stereocenters. The van der Waals surface area contributed by atoms with Crippen LogP contribution in [0, 0.1) is 0 Å². The smallest absolute Gasteiger partial charge is 0.314 e. The minimum Gasteiger partial charge on any atom is -0.492 e. The van der Waals surface area contributed by atoms with Crippen molar-refractivity contribution in [1.29, 1.82) is 0 Å². The van der Waals surface area contributed by atoms with Crippen LogP contribution in [0.1, 0.15) is 6.42 Å². The third-order valence-corrected chi connectivity index (χ3v) is 2.27. The Hall–Kier alpha value is -2.24. The maximum absolute atomic E-state index is 11.3. The molecule has 0 unspecified atom stereocenters. The number of benzene rings is 1. The Morgan fingerprint density at radius 1 is 1.11 bits per heavy atom. The van der Waals surface area contributed by atoms with E-state index in [9.17, 15) is 9.59 Å². The van der Waals surface area contributed by atoms with Gasteiger partial charge in [0.1, 0.15) is 12.4 Å². The van der Waals surface area contributed by atoms with E-state index in [1.54, 1.807) is 0 Å². The summed E-state index contributed by atoms with van der Waals surface area (Å²) in [5.74, 6) is 0.782. The highest BCUT2D eigenvalue weighted by Crippen LogP contribution is 2.07. The number of carbonyl (C=O) groups is 2. The average molecular weight is 265 g/mol. The molecule has 0 aliphatic rings. The first kappa shape index (κ1) is 14.8. The van der Waals surface area contributed by atoms with Crippen molar-refractivity contribution in [3.8, 4) is 5.75 Å². The quantitative estimate of drug-likeness (QED) is 0.449. The predicted octanol–water partition coefficient (Wildman–Crippen LogP) is 0.501. The van der Waals surface area contributed by atoms with Crippen molar-refractivity contribution in [2.24, 2.45) is 0 Å². The summed E-state index contributed by atoms with van der Waals surface area (Å²) in [5, 5.41) is 7.88. The molecular weight excluding hydrogens is 246 g/mol. The summed E-state index contributed by atoms with van der Waals surface area (Å²) in [7, 11) is 0. The zero-order valence-corrected chi connectivity index (χ0v) is 10.7. The van der Waals surface area contributed by atoms with Crippen molar-refractivity contribution in [3.63, 3.8) is 0 Å². The van der Waals surface area contributed by atoms with Gasteiger partial charge in [-0.3, -0.25) is 4.79 Å². The number of hydrogen-bond donors (Lipinski definition) is 3. The van der Waals surface area contributed by atoms with Gasteiger partial charge in [-0.15, -0.1) is 0 Å².